The largest absolute Gasteiger partial charge is 0.369 e. The Hall–Kier alpha value is -1.57. The third-order valence-corrected chi connectivity index (χ3v) is 6.33. The minimum Gasteiger partial charge on any atom is -0.369 e. The number of anilines is 1. The molecule has 1 spiro atoms. The van der Waals surface area contributed by atoms with Crippen LogP contribution in [0.15, 0.2) is 18.3 Å². The quantitative estimate of drug-likeness (QED) is 0.883. The number of rotatable bonds is 3. The van der Waals surface area contributed by atoms with Crippen LogP contribution in [0.1, 0.15) is 24.0 Å². The fourth-order valence-electron chi connectivity index (χ4n) is 4.37. The van der Waals surface area contributed by atoms with Gasteiger partial charge in [0, 0.05) is 43.2 Å². The van der Waals surface area contributed by atoms with Crippen LogP contribution in [0.4, 0.5) is 5.69 Å². The van der Waals surface area contributed by atoms with Gasteiger partial charge in [-0.15, -0.1) is 0 Å². The Morgan fingerprint density at radius 1 is 1.21 bits per heavy atom. The van der Waals surface area contributed by atoms with E-state index < -0.39 is 10.2 Å². The second kappa shape index (κ2) is 4.97. The van der Waals surface area contributed by atoms with Crippen LogP contribution in [0.25, 0.3) is 10.9 Å². The Morgan fingerprint density at radius 3 is 2.46 bits per heavy atom. The first kappa shape index (κ1) is 15.9. The molecule has 4 rings (SSSR count). The molecule has 1 aliphatic heterocycles. The zero-order valence-corrected chi connectivity index (χ0v) is 15.2. The zero-order valence-electron chi connectivity index (χ0n) is 14.3. The summed E-state index contributed by atoms with van der Waals surface area (Å²) in [6.45, 7) is 6.27. The average Bonchev–Trinajstić information content (AvgIpc) is 2.67. The van der Waals surface area contributed by atoms with Crippen LogP contribution in [0, 0.1) is 19.3 Å². The number of benzene rings is 1. The Labute approximate surface area is 142 Å². The maximum absolute atomic E-state index is 11.1. The number of nitrogens with one attached hydrogen (secondary N) is 1. The molecule has 2 heterocycles. The summed E-state index contributed by atoms with van der Waals surface area (Å²) in [7, 11) is -1.50. The molecule has 24 heavy (non-hydrogen) atoms. The van der Waals surface area contributed by atoms with Crippen LogP contribution in [-0.4, -0.2) is 32.1 Å². The van der Waals surface area contributed by atoms with E-state index in [1.807, 2.05) is 0 Å². The first-order chi connectivity index (χ1) is 11.2. The van der Waals surface area contributed by atoms with Gasteiger partial charge in [0.2, 0.25) is 0 Å². The Balaban J connectivity index is 1.50. The highest BCUT2D eigenvalue weighted by atomic mass is 32.2. The number of nitrogens with two attached hydrogens (primary N) is 1. The molecule has 130 valence electrons. The molecule has 0 atom stereocenters. The predicted molar refractivity (Wildman–Crippen MR) is 96.3 cm³/mol. The number of hydrogen-bond donors (Lipinski definition) is 2. The third-order valence-electron chi connectivity index (χ3n) is 5.67. The highest BCUT2D eigenvalue weighted by Crippen LogP contribution is 2.50. The van der Waals surface area contributed by atoms with Gasteiger partial charge in [0.25, 0.3) is 10.2 Å². The van der Waals surface area contributed by atoms with E-state index in [0.717, 1.165) is 25.9 Å². The van der Waals surface area contributed by atoms with E-state index in [0.29, 0.717) is 0 Å². The van der Waals surface area contributed by atoms with Crippen molar-refractivity contribution in [2.24, 2.45) is 17.6 Å². The van der Waals surface area contributed by atoms with Gasteiger partial charge in [0.1, 0.15) is 0 Å². The van der Waals surface area contributed by atoms with E-state index in [9.17, 15) is 8.42 Å². The van der Waals surface area contributed by atoms with Crippen molar-refractivity contribution in [3.05, 3.63) is 29.5 Å². The van der Waals surface area contributed by atoms with Gasteiger partial charge in [-0.2, -0.15) is 13.1 Å². The summed E-state index contributed by atoms with van der Waals surface area (Å²) < 4.78 is 26.9. The van der Waals surface area contributed by atoms with Gasteiger partial charge in [0.15, 0.2) is 0 Å². The lowest BCUT2D eigenvalue weighted by molar-refractivity contribution is 0.0592. The standard InChI is InChI=1S/C17H24N4O2S/c1-11-4-14-15(5-12(11)2)20(3)8-16(14)21-9-17(10-21)6-13(7-17)19-24(18,22)23/h4-5,8,13,19H,6-7,9-10H2,1-3H3,(H2,18,22,23). The van der Waals surface area contributed by atoms with E-state index in [1.165, 1.54) is 27.7 Å². The smallest absolute Gasteiger partial charge is 0.274 e. The molecule has 2 aliphatic rings. The lowest BCUT2D eigenvalue weighted by atomic mass is 9.61. The molecule has 1 saturated carbocycles. The van der Waals surface area contributed by atoms with Crippen molar-refractivity contribution in [2.45, 2.75) is 32.7 Å². The summed E-state index contributed by atoms with van der Waals surface area (Å²) in [4.78, 5) is 2.41. The van der Waals surface area contributed by atoms with Crippen molar-refractivity contribution in [1.82, 2.24) is 9.29 Å². The molecule has 1 aromatic heterocycles. The molecular weight excluding hydrogens is 324 g/mol. The number of hydrogen-bond acceptors (Lipinski definition) is 3. The van der Waals surface area contributed by atoms with Gasteiger partial charge < -0.3 is 9.47 Å². The summed E-state index contributed by atoms with van der Waals surface area (Å²) in [6, 6.07) is 4.52. The fraction of sp³-hybridized carbons (Fsp3) is 0.529. The van der Waals surface area contributed by atoms with Crippen LogP contribution >= 0.6 is 0 Å². The molecule has 7 heteroatoms. The van der Waals surface area contributed by atoms with Gasteiger partial charge >= 0.3 is 0 Å². The van der Waals surface area contributed by atoms with E-state index in [4.69, 9.17) is 5.14 Å². The van der Waals surface area contributed by atoms with Crippen LogP contribution < -0.4 is 14.8 Å². The van der Waals surface area contributed by atoms with E-state index in [-0.39, 0.29) is 11.5 Å². The maximum Gasteiger partial charge on any atom is 0.274 e. The second-order valence-corrected chi connectivity index (χ2v) is 9.03. The molecule has 1 aromatic carbocycles. The summed E-state index contributed by atoms with van der Waals surface area (Å²) in [5, 5.41) is 6.35. The average molecular weight is 348 g/mol. The molecule has 0 bridgehead atoms. The number of aromatic nitrogens is 1. The topological polar surface area (TPSA) is 80.4 Å². The Kier molecular flexibility index (Phi) is 3.30. The molecule has 0 amide bonds. The number of aryl methyl sites for hydroxylation is 3. The van der Waals surface area contributed by atoms with E-state index in [1.54, 1.807) is 0 Å². The lowest BCUT2D eigenvalue weighted by Gasteiger charge is -2.59. The van der Waals surface area contributed by atoms with Gasteiger partial charge in [-0.1, -0.05) is 0 Å². The van der Waals surface area contributed by atoms with Crippen molar-refractivity contribution >= 4 is 26.8 Å². The normalized spacial score (nSPS) is 20.4. The minimum atomic E-state index is -3.59. The number of fused-ring (bicyclic) bond motifs is 1. The summed E-state index contributed by atoms with van der Waals surface area (Å²) in [6.07, 6.45) is 3.96. The Bertz CT molecular complexity index is 918. The van der Waals surface area contributed by atoms with Gasteiger partial charge in [0.05, 0.1) is 11.2 Å². The second-order valence-electron chi connectivity index (χ2n) is 7.70. The minimum absolute atomic E-state index is 0.000406. The van der Waals surface area contributed by atoms with E-state index in [2.05, 4.69) is 53.4 Å². The first-order valence-corrected chi connectivity index (χ1v) is 9.82. The van der Waals surface area contributed by atoms with Crippen LogP contribution in [-0.2, 0) is 17.3 Å². The molecule has 2 fully saturated rings. The summed E-state index contributed by atoms with van der Waals surface area (Å²) in [5.74, 6) is 0. The maximum atomic E-state index is 11.1. The van der Waals surface area contributed by atoms with Crippen LogP contribution in [0.2, 0.25) is 0 Å². The van der Waals surface area contributed by atoms with Gasteiger partial charge in [-0.25, -0.2) is 5.14 Å². The molecular formula is C17H24N4O2S. The van der Waals surface area contributed by atoms with Gasteiger partial charge in [-0.3, -0.25) is 0 Å². The highest BCUT2D eigenvalue weighted by Gasteiger charge is 2.53. The lowest BCUT2D eigenvalue weighted by Crippen LogP contribution is -2.67. The Morgan fingerprint density at radius 2 is 1.83 bits per heavy atom. The SMILES string of the molecule is Cc1cc2c(N3CC4(CC(NS(N)(=O)=O)C4)C3)cn(C)c2cc1C. The highest BCUT2D eigenvalue weighted by molar-refractivity contribution is 7.87. The number of nitrogens with zero attached hydrogens (tertiary/aromatic N) is 2. The van der Waals surface area contributed by atoms with Crippen molar-refractivity contribution < 1.29 is 8.42 Å². The summed E-state index contributed by atoms with van der Waals surface area (Å²) in [5.41, 5.74) is 5.42. The molecule has 1 saturated heterocycles. The zero-order chi connectivity index (χ0) is 17.3. The molecule has 3 N–H and O–H groups in total. The van der Waals surface area contributed by atoms with Crippen molar-refractivity contribution in [1.29, 1.82) is 0 Å². The summed E-state index contributed by atoms with van der Waals surface area (Å²) >= 11 is 0. The van der Waals surface area contributed by atoms with Crippen molar-refractivity contribution in [2.75, 3.05) is 18.0 Å². The van der Waals surface area contributed by atoms with Crippen molar-refractivity contribution in [3.8, 4) is 0 Å². The molecule has 2 aromatic rings. The fourth-order valence-corrected chi connectivity index (χ4v) is 5.00. The molecule has 6 nitrogen and oxygen atoms in total. The van der Waals surface area contributed by atoms with Crippen molar-refractivity contribution in [3.63, 3.8) is 0 Å². The van der Waals surface area contributed by atoms with E-state index >= 15 is 0 Å². The van der Waals surface area contributed by atoms with Crippen LogP contribution in [0.5, 0.6) is 0 Å². The molecule has 0 radical (unpaired) electrons. The molecule has 0 unspecified atom stereocenters. The van der Waals surface area contributed by atoms with Gasteiger partial charge in [-0.05, 0) is 49.9 Å². The van der Waals surface area contributed by atoms with Crippen LogP contribution in [0.3, 0.4) is 0 Å². The molecule has 1 aliphatic carbocycles. The monoisotopic (exact) mass is 348 g/mol. The first-order valence-electron chi connectivity index (χ1n) is 8.27. The predicted octanol–water partition coefficient (Wildman–Crippen LogP) is 1.56. The third kappa shape index (κ3) is 2.51.